The molecule has 7 rings (SSSR count). The average Bonchev–Trinajstić information content (AvgIpc) is 3.58. The molecule has 4 amide bonds. The van der Waals surface area contributed by atoms with E-state index in [1.54, 1.807) is 66.7 Å². The van der Waals surface area contributed by atoms with Gasteiger partial charge < -0.3 is 14.2 Å². The number of carbonyl (C=O) groups is 4. The molecule has 54 heavy (non-hydrogen) atoms. The van der Waals surface area contributed by atoms with Gasteiger partial charge in [-0.2, -0.15) is 0 Å². The summed E-state index contributed by atoms with van der Waals surface area (Å²) in [5.74, 6) is 1.25. The molecule has 0 N–H and O–H groups in total. The maximum absolute atomic E-state index is 13.7. The van der Waals surface area contributed by atoms with Crippen molar-refractivity contribution in [1.82, 2.24) is 4.90 Å². The average molecular weight is 723 g/mol. The lowest BCUT2D eigenvalue weighted by atomic mass is 9.82. The monoisotopic (exact) mass is 722 g/mol. The van der Waals surface area contributed by atoms with Gasteiger partial charge >= 0.3 is 0 Å². The summed E-state index contributed by atoms with van der Waals surface area (Å²) in [4.78, 5) is 56.3. The third kappa shape index (κ3) is 6.51. The van der Waals surface area contributed by atoms with Crippen molar-refractivity contribution in [2.45, 2.75) is 71.8 Å². The third-order valence-corrected chi connectivity index (χ3v) is 10.9. The van der Waals surface area contributed by atoms with Crippen LogP contribution in [0, 0.1) is 0 Å². The van der Waals surface area contributed by atoms with Gasteiger partial charge in [0, 0.05) is 17.7 Å². The quantitative estimate of drug-likeness (QED) is 0.118. The van der Waals surface area contributed by atoms with Gasteiger partial charge in [-0.05, 0) is 110 Å². The molecular weight excluding hydrogens is 681 g/mol. The number of ether oxygens (including phenoxy) is 3. The number of carbonyl (C=O) groups excluding carboxylic acids is 4. The van der Waals surface area contributed by atoms with E-state index in [1.807, 2.05) is 45.0 Å². The third-order valence-electron chi connectivity index (χ3n) is 10.9. The zero-order valence-electron chi connectivity index (χ0n) is 31.3. The Balaban J connectivity index is 1.06. The molecule has 0 unspecified atom stereocenters. The summed E-state index contributed by atoms with van der Waals surface area (Å²) >= 11 is 0. The zero-order chi connectivity index (χ0) is 38.4. The highest BCUT2D eigenvalue weighted by atomic mass is 16.5. The van der Waals surface area contributed by atoms with Crippen molar-refractivity contribution in [2.24, 2.45) is 0 Å². The maximum Gasteiger partial charge on any atom is 0.266 e. The van der Waals surface area contributed by atoms with Crippen molar-refractivity contribution < 1.29 is 33.4 Å². The normalized spacial score (nSPS) is 14.0. The van der Waals surface area contributed by atoms with E-state index in [9.17, 15) is 19.2 Å². The van der Waals surface area contributed by atoms with Crippen LogP contribution in [0.5, 0.6) is 34.5 Å². The summed E-state index contributed by atoms with van der Waals surface area (Å²) in [7, 11) is 0. The highest BCUT2D eigenvalue weighted by molar-refractivity contribution is 6.34. The molecule has 0 saturated heterocycles. The first-order chi connectivity index (χ1) is 25.8. The predicted octanol–water partition coefficient (Wildman–Crippen LogP) is 10.7. The van der Waals surface area contributed by atoms with Gasteiger partial charge in [-0.25, -0.2) is 4.90 Å². The van der Waals surface area contributed by atoms with Crippen molar-refractivity contribution in [3.05, 3.63) is 137 Å². The van der Waals surface area contributed by atoms with E-state index in [-0.39, 0.29) is 33.9 Å². The van der Waals surface area contributed by atoms with Crippen molar-refractivity contribution >= 4 is 29.3 Å². The minimum absolute atomic E-state index is 0.0220. The Morgan fingerprint density at radius 2 is 0.907 bits per heavy atom. The molecular formula is C45H42N2O7. The van der Waals surface area contributed by atoms with Gasteiger partial charge in [-0.15, -0.1) is 0 Å². The summed E-state index contributed by atoms with van der Waals surface area (Å²) < 4.78 is 18.4. The van der Waals surface area contributed by atoms with Crippen LogP contribution in [0.15, 0.2) is 109 Å². The van der Waals surface area contributed by atoms with Gasteiger partial charge in [0.15, 0.2) is 0 Å². The van der Waals surface area contributed by atoms with Crippen molar-refractivity contribution in [1.29, 1.82) is 0 Å². The van der Waals surface area contributed by atoms with Crippen molar-refractivity contribution in [3.63, 3.8) is 0 Å². The molecule has 9 nitrogen and oxygen atoms in total. The van der Waals surface area contributed by atoms with E-state index in [2.05, 4.69) is 32.9 Å². The molecule has 0 saturated carbocycles. The number of fused-ring (bicyclic) bond motifs is 2. The number of hydrogen-bond acceptors (Lipinski definition) is 7. The van der Waals surface area contributed by atoms with Crippen LogP contribution in [-0.2, 0) is 5.41 Å². The summed E-state index contributed by atoms with van der Waals surface area (Å²) in [6.07, 6.45) is 2.26. The molecule has 0 aromatic heterocycles. The molecule has 0 fully saturated rings. The lowest BCUT2D eigenvalue weighted by Gasteiger charge is -2.35. The van der Waals surface area contributed by atoms with Gasteiger partial charge in [0.2, 0.25) is 0 Å². The Morgan fingerprint density at radius 3 is 1.48 bits per heavy atom. The van der Waals surface area contributed by atoms with Crippen LogP contribution < -0.4 is 19.1 Å². The predicted molar refractivity (Wildman–Crippen MR) is 206 cm³/mol. The number of amides is 4. The second kappa shape index (κ2) is 14.0. The second-order valence-corrected chi connectivity index (χ2v) is 14.6. The Bertz CT molecular complexity index is 2320. The van der Waals surface area contributed by atoms with Crippen LogP contribution in [-0.4, -0.2) is 34.1 Å². The Hall–Kier alpha value is -6.22. The molecule has 2 aliphatic rings. The van der Waals surface area contributed by atoms with Crippen molar-refractivity contribution in [2.75, 3.05) is 4.90 Å². The molecule has 0 aliphatic carbocycles. The summed E-state index contributed by atoms with van der Waals surface area (Å²) in [6.45, 7) is 12.4. The number of rotatable bonds is 12. The van der Waals surface area contributed by atoms with E-state index in [4.69, 9.17) is 14.2 Å². The van der Waals surface area contributed by atoms with E-state index in [0.29, 0.717) is 52.8 Å². The van der Waals surface area contributed by atoms with Crippen LogP contribution in [0.2, 0.25) is 0 Å². The van der Waals surface area contributed by atoms with Crippen LogP contribution in [0.25, 0.3) is 0 Å². The van der Waals surface area contributed by atoms with Crippen LogP contribution in [0.1, 0.15) is 108 Å². The second-order valence-electron chi connectivity index (χ2n) is 14.6. The molecule has 0 bridgehead atoms. The molecule has 274 valence electrons. The lowest BCUT2D eigenvalue weighted by Crippen LogP contribution is -2.48. The van der Waals surface area contributed by atoms with Gasteiger partial charge in [-0.3, -0.25) is 24.1 Å². The summed E-state index contributed by atoms with van der Waals surface area (Å²) in [5, 5.41) is 0. The first-order valence-corrected chi connectivity index (χ1v) is 18.3. The van der Waals surface area contributed by atoms with Crippen LogP contribution >= 0.6 is 0 Å². The fraction of sp³-hybridized carbons (Fsp3) is 0.244. The molecule has 2 heterocycles. The number of anilines is 1. The number of hydrogen-bond donors (Lipinski definition) is 0. The fourth-order valence-electron chi connectivity index (χ4n) is 6.74. The number of benzene rings is 5. The number of imide groups is 2. The van der Waals surface area contributed by atoms with Gasteiger partial charge in [0.05, 0.1) is 27.9 Å². The maximum atomic E-state index is 13.7. The smallest absolute Gasteiger partial charge is 0.266 e. The zero-order valence-corrected chi connectivity index (χ0v) is 31.3. The molecule has 0 spiro atoms. The Morgan fingerprint density at radius 1 is 0.463 bits per heavy atom. The minimum Gasteiger partial charge on any atom is -0.457 e. The van der Waals surface area contributed by atoms with Gasteiger partial charge in [0.25, 0.3) is 23.6 Å². The summed E-state index contributed by atoms with van der Waals surface area (Å²) in [6, 6.07) is 31.5. The number of nitrogens with zero attached hydrogens (tertiary/aromatic N) is 2. The molecule has 0 radical (unpaired) electrons. The highest BCUT2D eigenvalue weighted by Crippen LogP contribution is 2.38. The molecule has 0 atom stereocenters. The van der Waals surface area contributed by atoms with E-state index in [0.717, 1.165) is 17.1 Å². The van der Waals surface area contributed by atoms with Gasteiger partial charge in [0.1, 0.15) is 34.5 Å². The largest absolute Gasteiger partial charge is 0.457 e. The molecule has 5 aromatic carbocycles. The minimum atomic E-state index is -0.599. The topological polar surface area (TPSA) is 102 Å². The SMILES string of the molecule is CCC(C)(C)c1cccc(Oc2cccc(Oc3cccc(N4C(=O)c5ccc(Oc6ccc7c(c6)C(=O)N(C(C)(CC)CC)C7=O)cc5C4=O)c3)c2)c1. The first-order valence-electron chi connectivity index (χ1n) is 18.3. The Labute approximate surface area is 315 Å². The molecule has 9 heteroatoms. The standard InChI is InChI=1S/C45H42N2O7/c1-7-44(4,5)28-13-10-15-30(23-28)52-32-17-12-18-33(25-32)53-31-16-11-14-29(24-31)46-40(48)36-21-19-34(26-38(36)41(46)49)54-35-20-22-37-39(27-35)43(51)47(42(37)50)45(6,8-2)9-3/h10-27H,7-9H2,1-6H3. The highest BCUT2D eigenvalue weighted by Gasteiger charge is 2.45. The van der Waals surface area contributed by atoms with Crippen LogP contribution in [0.3, 0.4) is 0 Å². The summed E-state index contributed by atoms with van der Waals surface area (Å²) in [5.41, 5.74) is 1.98. The van der Waals surface area contributed by atoms with Gasteiger partial charge in [-0.1, -0.05) is 58.9 Å². The van der Waals surface area contributed by atoms with E-state index in [1.165, 1.54) is 16.5 Å². The first kappa shape index (κ1) is 36.2. The lowest BCUT2D eigenvalue weighted by molar-refractivity contribution is 0.0434. The van der Waals surface area contributed by atoms with Crippen molar-refractivity contribution in [3.8, 4) is 34.5 Å². The molecule has 5 aromatic rings. The van der Waals surface area contributed by atoms with Crippen LogP contribution in [0.4, 0.5) is 5.69 Å². The molecule has 2 aliphatic heterocycles. The fourth-order valence-corrected chi connectivity index (χ4v) is 6.74. The van der Waals surface area contributed by atoms with E-state index >= 15 is 0 Å². The Kier molecular flexibility index (Phi) is 9.35. The van der Waals surface area contributed by atoms with E-state index < -0.39 is 17.4 Å².